The molecule has 4 nitrogen and oxygen atoms in total. The molecule has 0 aliphatic heterocycles. The van der Waals surface area contributed by atoms with Gasteiger partial charge in [0, 0.05) is 39.2 Å². The number of methoxy groups -OCH3 is 1. The van der Waals surface area contributed by atoms with E-state index in [0.29, 0.717) is 0 Å². The van der Waals surface area contributed by atoms with Crippen molar-refractivity contribution in [3.8, 4) is 0 Å². The van der Waals surface area contributed by atoms with E-state index in [0.717, 1.165) is 12.5 Å². The van der Waals surface area contributed by atoms with Crippen LogP contribution in [0, 0.1) is 0 Å². The largest absolute Gasteiger partial charge is 0.388 e. The van der Waals surface area contributed by atoms with E-state index in [1.807, 2.05) is 265 Å². The van der Waals surface area contributed by atoms with Crippen LogP contribution >= 0.6 is 0 Å². The minimum atomic E-state index is -2.67. The first-order valence-corrected chi connectivity index (χ1v) is 24.1. The predicted molar refractivity (Wildman–Crippen MR) is 261 cm³/mol. The molecule has 55 heavy (non-hydrogen) atoms. The van der Waals surface area contributed by atoms with Gasteiger partial charge in [-0.15, -0.1) is 0 Å². The highest BCUT2D eigenvalue weighted by Crippen LogP contribution is 1.82. The lowest BCUT2D eigenvalue weighted by atomic mass is 10.4. The Morgan fingerprint density at radius 3 is 0.309 bits per heavy atom. The zero-order valence-corrected chi connectivity index (χ0v) is 40.1. The smallest absolute Gasteiger partial charge is 0.144 e. The third-order valence-electron chi connectivity index (χ3n) is 3.33. The molecular formula is C49H86O4S2. The number of hydrogen-bond acceptors (Lipinski definition) is 4. The first-order chi connectivity index (χ1) is 26.4. The Bertz CT molecular complexity index is 973. The van der Waals surface area contributed by atoms with Gasteiger partial charge >= 0.3 is 0 Å². The zero-order valence-electron chi connectivity index (χ0n) is 38.5. The highest BCUT2D eigenvalue weighted by molar-refractivity contribution is 7.99. The topological polar surface area (TPSA) is 60.4 Å². The van der Waals surface area contributed by atoms with Gasteiger partial charge in [0.2, 0.25) is 0 Å². The number of hydrogen-bond donors (Lipinski definition) is 0. The summed E-state index contributed by atoms with van der Waals surface area (Å²) in [4.78, 5) is 0. The lowest BCUT2D eigenvalue weighted by molar-refractivity contribution is 0.277. The maximum Gasteiger partial charge on any atom is 0.144 e. The molecule has 0 amide bonds. The van der Waals surface area contributed by atoms with Crippen LogP contribution in [-0.4, -0.2) is 57.7 Å². The van der Waals surface area contributed by atoms with Gasteiger partial charge in [-0.25, -0.2) is 8.42 Å². The molecule has 0 aliphatic carbocycles. The van der Waals surface area contributed by atoms with Crippen LogP contribution in [0.2, 0.25) is 0 Å². The lowest BCUT2D eigenvalue weighted by Gasteiger charge is -1.78. The van der Waals surface area contributed by atoms with Crippen molar-refractivity contribution in [2.75, 3.05) is 39.2 Å². The first kappa shape index (κ1) is 72.3. The van der Waals surface area contributed by atoms with Crippen molar-refractivity contribution >= 4 is 25.2 Å². The molecule has 0 aliphatic rings. The fourth-order valence-corrected chi connectivity index (χ4v) is 1.92. The molecule has 0 unspecified atom stereocenters. The molecule has 0 heterocycles. The van der Waals surface area contributed by atoms with E-state index in [9.17, 15) is 12.6 Å². The van der Waals surface area contributed by atoms with Crippen LogP contribution in [0.1, 0.15) is 83.1 Å². The van der Waals surface area contributed by atoms with Crippen LogP contribution in [0.5, 0.6) is 0 Å². The van der Waals surface area contributed by atoms with Crippen molar-refractivity contribution in [3.63, 3.8) is 0 Å². The molecule has 0 atom stereocenters. The Kier molecular flexibility index (Phi) is 104. The van der Waals surface area contributed by atoms with Gasteiger partial charge in [-0.05, 0) is 15.4 Å². The fourth-order valence-electron chi connectivity index (χ4n) is 1.92. The maximum absolute atomic E-state index is 10.1. The van der Waals surface area contributed by atoms with Gasteiger partial charge < -0.3 is 4.74 Å². The van der Waals surface area contributed by atoms with Crippen molar-refractivity contribution in [1.29, 1.82) is 0 Å². The third kappa shape index (κ3) is 170. The highest BCUT2D eigenvalue weighted by Gasteiger charge is 1.79. The molecule has 318 valence electrons. The Balaban J connectivity index is -0.0000000607. The molecule has 5 aromatic carbocycles. The summed E-state index contributed by atoms with van der Waals surface area (Å²) in [7, 11) is -1.08. The van der Waals surface area contributed by atoms with Crippen molar-refractivity contribution in [3.05, 3.63) is 182 Å². The van der Waals surface area contributed by atoms with Crippen LogP contribution in [0.3, 0.4) is 0 Å². The highest BCUT2D eigenvalue weighted by atomic mass is 32.2. The molecule has 0 saturated carbocycles. The summed E-state index contributed by atoms with van der Waals surface area (Å²) in [5, 5.41) is 0. The van der Waals surface area contributed by atoms with E-state index in [2.05, 4.69) is 10.6 Å². The van der Waals surface area contributed by atoms with Gasteiger partial charge in [0.1, 0.15) is 9.84 Å². The quantitative estimate of drug-likeness (QED) is 0.146. The van der Waals surface area contributed by atoms with Crippen LogP contribution in [-0.2, 0) is 24.1 Å². The summed E-state index contributed by atoms with van der Waals surface area (Å²) in [6, 6.07) is 60.0. The monoisotopic (exact) mass is 803 g/mol. The van der Waals surface area contributed by atoms with Crippen molar-refractivity contribution in [1.82, 2.24) is 0 Å². The van der Waals surface area contributed by atoms with Gasteiger partial charge in [-0.2, -0.15) is 0 Å². The average molecular weight is 803 g/mol. The molecule has 5 rings (SSSR count). The van der Waals surface area contributed by atoms with E-state index < -0.39 is 19.4 Å². The summed E-state index contributed by atoms with van der Waals surface area (Å²) in [5.41, 5.74) is 0. The van der Waals surface area contributed by atoms with Gasteiger partial charge in [-0.1, -0.05) is 265 Å². The molecule has 0 fully saturated rings. The maximum atomic E-state index is 10.1. The van der Waals surface area contributed by atoms with E-state index in [1.165, 1.54) is 0 Å². The van der Waals surface area contributed by atoms with Gasteiger partial charge in [-0.3, -0.25) is 4.21 Å². The Morgan fingerprint density at radius 1 is 0.273 bits per heavy atom. The Labute approximate surface area is 345 Å². The van der Waals surface area contributed by atoms with Crippen LogP contribution in [0.4, 0.5) is 0 Å². The van der Waals surface area contributed by atoms with Crippen LogP contribution in [0.25, 0.3) is 0 Å². The summed E-state index contributed by atoms with van der Waals surface area (Å²) in [5.74, 6) is 3.30. The predicted octanol–water partition coefficient (Wildman–Crippen LogP) is 14.5. The average Bonchev–Trinajstić information content (AvgIpc) is 3.26. The molecule has 0 N–H and O–H groups in total. The van der Waals surface area contributed by atoms with Crippen molar-refractivity contribution < 1.29 is 17.4 Å². The summed E-state index contributed by atoms with van der Waals surface area (Å²) in [6.07, 6.45) is 5.53. The normalized spacial score (nSPS) is 7.45. The molecule has 0 radical (unpaired) electrons. The summed E-state index contributed by atoms with van der Waals surface area (Å²) < 4.78 is 33.6. The number of rotatable bonds is 0. The van der Waals surface area contributed by atoms with Gasteiger partial charge in [0.25, 0.3) is 0 Å². The van der Waals surface area contributed by atoms with Gasteiger partial charge in [0.05, 0.1) is 0 Å². The summed E-state index contributed by atoms with van der Waals surface area (Å²) >= 11 is 0. The zero-order chi connectivity index (χ0) is 44.9. The van der Waals surface area contributed by atoms with Gasteiger partial charge in [0.15, 0.2) is 0 Å². The number of sulfone groups is 1. The minimum Gasteiger partial charge on any atom is -0.388 e. The molecule has 6 heteroatoms. The molecule has 5 aromatic rings. The second-order valence-corrected chi connectivity index (χ2v) is 13.9. The lowest BCUT2D eigenvalue weighted by Crippen LogP contribution is -1.86. The fraction of sp³-hybridized carbons (Fsp3) is 0.367. The van der Waals surface area contributed by atoms with E-state index in [1.54, 1.807) is 26.7 Å². The second kappa shape index (κ2) is 79.0. The third-order valence-corrected chi connectivity index (χ3v) is 3.33. The standard InChI is InChI=1S/5C6H6.C3H8OS.C2H6O2S.C2H6O.6C2H6/c5*1-2-4-6-5-3-1;2*1-5(2,3)4;1-3-2;6*1-2/h5*1-6H;1H2,2-3H3;1-2H3;1-2H3;6*1-2H3. The molecule has 0 spiro atoms. The number of benzene rings is 5. The molecule has 0 saturated heterocycles. The van der Waals surface area contributed by atoms with E-state index >= 15 is 0 Å². The molecular weight excluding hydrogens is 717 g/mol. The Morgan fingerprint density at radius 2 is 0.291 bits per heavy atom. The summed E-state index contributed by atoms with van der Waals surface area (Å²) in [6.45, 7) is 24.0. The molecule has 0 aromatic heterocycles. The Hall–Kier alpha value is -3.97. The first-order valence-electron chi connectivity index (χ1n) is 19.2. The number of ether oxygens (including phenoxy) is 1. The van der Waals surface area contributed by atoms with E-state index in [4.69, 9.17) is 0 Å². The van der Waals surface area contributed by atoms with Crippen LogP contribution in [0.15, 0.2) is 182 Å². The van der Waals surface area contributed by atoms with Crippen LogP contribution < -0.4 is 0 Å². The van der Waals surface area contributed by atoms with Crippen molar-refractivity contribution in [2.24, 2.45) is 0 Å². The van der Waals surface area contributed by atoms with Crippen molar-refractivity contribution in [2.45, 2.75) is 83.1 Å². The molecule has 0 bridgehead atoms. The SMILES string of the molecule is C=S(C)(C)=O.CC.CC.CC.CC.CC.CC.COC.CS(C)(=O)=O.c1ccccc1.c1ccccc1.c1ccccc1.c1ccccc1.c1ccccc1. The second-order valence-electron chi connectivity index (χ2n) is 8.76. The van der Waals surface area contributed by atoms with E-state index in [-0.39, 0.29) is 0 Å². The minimum absolute atomic E-state index is 1.16.